The topological polar surface area (TPSA) is 61.4 Å². The van der Waals surface area contributed by atoms with E-state index in [0.717, 1.165) is 37.9 Å². The SMILES string of the molecule is CCS[C@H]1CCCC[C@H]1NC(=O)NC1CCC(O)CC1. The van der Waals surface area contributed by atoms with Crippen LogP contribution >= 0.6 is 11.8 Å². The van der Waals surface area contributed by atoms with E-state index in [9.17, 15) is 9.90 Å². The molecule has 2 fully saturated rings. The van der Waals surface area contributed by atoms with E-state index in [1.807, 2.05) is 11.8 Å². The van der Waals surface area contributed by atoms with Gasteiger partial charge in [-0.2, -0.15) is 11.8 Å². The summed E-state index contributed by atoms with van der Waals surface area (Å²) in [5.41, 5.74) is 0. The first kappa shape index (κ1) is 16.0. The molecule has 4 nitrogen and oxygen atoms in total. The molecular weight excluding hydrogens is 272 g/mol. The number of aliphatic hydroxyl groups is 1. The van der Waals surface area contributed by atoms with E-state index in [1.165, 1.54) is 19.3 Å². The summed E-state index contributed by atoms with van der Waals surface area (Å²) < 4.78 is 0. The second-order valence-corrected chi connectivity index (χ2v) is 7.52. The Kier molecular flexibility index (Phi) is 6.49. The lowest BCUT2D eigenvalue weighted by Gasteiger charge is -2.33. The van der Waals surface area contributed by atoms with Gasteiger partial charge in [-0.3, -0.25) is 0 Å². The molecule has 2 rings (SSSR count). The van der Waals surface area contributed by atoms with Crippen molar-refractivity contribution in [2.75, 3.05) is 5.75 Å². The monoisotopic (exact) mass is 300 g/mol. The fourth-order valence-corrected chi connectivity index (χ4v) is 4.49. The molecule has 0 saturated heterocycles. The second kappa shape index (κ2) is 8.13. The average Bonchev–Trinajstić information content (AvgIpc) is 2.44. The number of urea groups is 1. The van der Waals surface area contributed by atoms with Crippen molar-refractivity contribution >= 4 is 17.8 Å². The minimum absolute atomic E-state index is 0.0139. The Labute approximate surface area is 126 Å². The van der Waals surface area contributed by atoms with E-state index in [4.69, 9.17) is 0 Å². The summed E-state index contributed by atoms with van der Waals surface area (Å²) in [6.45, 7) is 2.18. The number of hydrogen-bond donors (Lipinski definition) is 3. The molecule has 0 unspecified atom stereocenters. The predicted octanol–water partition coefficient (Wildman–Crippen LogP) is 2.65. The van der Waals surface area contributed by atoms with Crippen LogP contribution in [0.15, 0.2) is 0 Å². The smallest absolute Gasteiger partial charge is 0.315 e. The van der Waals surface area contributed by atoms with Gasteiger partial charge >= 0.3 is 6.03 Å². The van der Waals surface area contributed by atoms with Crippen molar-refractivity contribution < 1.29 is 9.90 Å². The lowest BCUT2D eigenvalue weighted by atomic mass is 9.93. The van der Waals surface area contributed by atoms with Gasteiger partial charge in [0.2, 0.25) is 0 Å². The summed E-state index contributed by atoms with van der Waals surface area (Å²) in [7, 11) is 0. The zero-order chi connectivity index (χ0) is 14.4. The summed E-state index contributed by atoms with van der Waals surface area (Å²) in [6.07, 6.45) is 8.08. The molecule has 116 valence electrons. The number of thioether (sulfide) groups is 1. The quantitative estimate of drug-likeness (QED) is 0.748. The minimum atomic E-state index is -0.167. The molecule has 0 aliphatic heterocycles. The minimum Gasteiger partial charge on any atom is -0.393 e. The third-order valence-electron chi connectivity index (χ3n) is 4.43. The van der Waals surface area contributed by atoms with Crippen LogP contribution in [0, 0.1) is 0 Å². The van der Waals surface area contributed by atoms with Crippen LogP contribution in [0.3, 0.4) is 0 Å². The highest BCUT2D eigenvalue weighted by atomic mass is 32.2. The molecule has 20 heavy (non-hydrogen) atoms. The Morgan fingerprint density at radius 1 is 1.10 bits per heavy atom. The maximum Gasteiger partial charge on any atom is 0.315 e. The van der Waals surface area contributed by atoms with Crippen molar-refractivity contribution in [3.63, 3.8) is 0 Å². The maximum atomic E-state index is 12.1. The molecule has 2 aliphatic carbocycles. The van der Waals surface area contributed by atoms with Crippen LogP contribution in [0.4, 0.5) is 4.79 Å². The van der Waals surface area contributed by atoms with E-state index >= 15 is 0 Å². The lowest BCUT2D eigenvalue weighted by Crippen LogP contribution is -2.51. The van der Waals surface area contributed by atoms with Crippen molar-refractivity contribution in [2.24, 2.45) is 0 Å². The van der Waals surface area contributed by atoms with Crippen LogP contribution < -0.4 is 10.6 Å². The molecule has 0 spiro atoms. The van der Waals surface area contributed by atoms with E-state index in [0.29, 0.717) is 11.3 Å². The number of aliphatic hydroxyl groups excluding tert-OH is 1. The van der Waals surface area contributed by atoms with Crippen LogP contribution in [-0.4, -0.2) is 40.3 Å². The van der Waals surface area contributed by atoms with E-state index < -0.39 is 0 Å². The zero-order valence-electron chi connectivity index (χ0n) is 12.4. The molecule has 0 radical (unpaired) electrons. The predicted molar refractivity (Wildman–Crippen MR) is 84.1 cm³/mol. The first-order valence-electron chi connectivity index (χ1n) is 8.05. The highest BCUT2D eigenvalue weighted by Gasteiger charge is 2.27. The number of carbonyl (C=O) groups excluding carboxylic acids is 1. The molecule has 2 atom stereocenters. The first-order valence-corrected chi connectivity index (χ1v) is 9.10. The van der Waals surface area contributed by atoms with Gasteiger partial charge in [0.05, 0.1) is 6.10 Å². The standard InChI is InChI=1S/C15H28N2O2S/c1-2-20-14-6-4-3-5-13(14)17-15(19)16-11-7-9-12(18)10-8-11/h11-14,18H,2-10H2,1H3,(H2,16,17,19)/t11?,12?,13-,14+/m1/s1. The molecule has 2 saturated carbocycles. The normalized spacial score (nSPS) is 34.5. The highest BCUT2D eigenvalue weighted by Crippen LogP contribution is 2.28. The Balaban J connectivity index is 1.74. The summed E-state index contributed by atoms with van der Waals surface area (Å²) in [6, 6.07) is 0.544. The van der Waals surface area contributed by atoms with Crippen LogP contribution in [-0.2, 0) is 0 Å². The summed E-state index contributed by atoms with van der Waals surface area (Å²) in [4.78, 5) is 12.1. The van der Waals surface area contributed by atoms with Crippen molar-refractivity contribution in [2.45, 2.75) is 81.7 Å². The molecule has 0 aromatic carbocycles. The van der Waals surface area contributed by atoms with Crippen molar-refractivity contribution in [3.8, 4) is 0 Å². The highest BCUT2D eigenvalue weighted by molar-refractivity contribution is 7.99. The summed E-state index contributed by atoms with van der Waals surface area (Å²) in [5, 5.41) is 16.3. The Morgan fingerprint density at radius 3 is 2.50 bits per heavy atom. The molecule has 0 aromatic heterocycles. The van der Waals surface area contributed by atoms with Crippen LogP contribution in [0.2, 0.25) is 0 Å². The summed E-state index contributed by atoms with van der Waals surface area (Å²) >= 11 is 1.97. The molecule has 2 aliphatic rings. The maximum absolute atomic E-state index is 12.1. The third kappa shape index (κ3) is 4.85. The molecule has 0 aromatic rings. The molecule has 0 bridgehead atoms. The lowest BCUT2D eigenvalue weighted by molar-refractivity contribution is 0.117. The largest absolute Gasteiger partial charge is 0.393 e. The molecule has 2 amide bonds. The van der Waals surface area contributed by atoms with Gasteiger partial charge in [-0.15, -0.1) is 0 Å². The van der Waals surface area contributed by atoms with Gasteiger partial charge in [-0.05, 0) is 44.3 Å². The molecule has 0 heterocycles. The van der Waals surface area contributed by atoms with Crippen LogP contribution in [0.25, 0.3) is 0 Å². The van der Waals surface area contributed by atoms with E-state index in [-0.39, 0.29) is 18.2 Å². The fourth-order valence-electron chi connectivity index (χ4n) is 3.29. The van der Waals surface area contributed by atoms with Crippen LogP contribution in [0.5, 0.6) is 0 Å². The number of nitrogens with one attached hydrogen (secondary N) is 2. The van der Waals surface area contributed by atoms with Gasteiger partial charge in [0.15, 0.2) is 0 Å². The average molecular weight is 300 g/mol. The molecule has 3 N–H and O–H groups in total. The Morgan fingerprint density at radius 2 is 1.80 bits per heavy atom. The van der Waals surface area contributed by atoms with Crippen molar-refractivity contribution in [1.29, 1.82) is 0 Å². The summed E-state index contributed by atoms with van der Waals surface area (Å²) in [5.74, 6) is 1.12. The zero-order valence-corrected chi connectivity index (χ0v) is 13.3. The van der Waals surface area contributed by atoms with Gasteiger partial charge in [0.1, 0.15) is 0 Å². The third-order valence-corrected chi connectivity index (χ3v) is 5.76. The fraction of sp³-hybridized carbons (Fsp3) is 0.933. The van der Waals surface area contributed by atoms with Gasteiger partial charge in [-0.25, -0.2) is 4.79 Å². The van der Waals surface area contributed by atoms with E-state index in [2.05, 4.69) is 17.6 Å². The Hall–Kier alpha value is -0.420. The van der Waals surface area contributed by atoms with E-state index in [1.54, 1.807) is 0 Å². The number of rotatable bonds is 4. The van der Waals surface area contributed by atoms with Gasteiger partial charge in [0, 0.05) is 17.3 Å². The molecule has 5 heteroatoms. The number of hydrogen-bond acceptors (Lipinski definition) is 3. The van der Waals surface area contributed by atoms with Gasteiger partial charge < -0.3 is 15.7 Å². The molecular formula is C15H28N2O2S. The number of amides is 2. The Bertz CT molecular complexity index is 304. The van der Waals surface area contributed by atoms with Gasteiger partial charge in [0.25, 0.3) is 0 Å². The second-order valence-electron chi connectivity index (χ2n) is 6.01. The first-order chi connectivity index (χ1) is 9.69. The number of carbonyl (C=O) groups is 1. The van der Waals surface area contributed by atoms with Gasteiger partial charge in [-0.1, -0.05) is 19.8 Å². The van der Waals surface area contributed by atoms with Crippen molar-refractivity contribution in [3.05, 3.63) is 0 Å². The van der Waals surface area contributed by atoms with Crippen molar-refractivity contribution in [1.82, 2.24) is 10.6 Å². The van der Waals surface area contributed by atoms with Crippen LogP contribution in [0.1, 0.15) is 58.3 Å².